The molecule has 0 fully saturated rings. The molecule has 0 aliphatic rings. The summed E-state index contributed by atoms with van der Waals surface area (Å²) in [5.74, 6) is 0.595. The van der Waals surface area contributed by atoms with Gasteiger partial charge in [0.15, 0.2) is 0 Å². The number of hydrogen-bond acceptors (Lipinski definition) is 6. The number of amides is 1. The molecule has 0 saturated carbocycles. The van der Waals surface area contributed by atoms with Gasteiger partial charge in [0, 0.05) is 30.7 Å². The predicted molar refractivity (Wildman–Crippen MR) is 87.4 cm³/mol. The lowest BCUT2D eigenvalue weighted by molar-refractivity contribution is -0.118. The molecule has 0 atom stereocenters. The maximum absolute atomic E-state index is 11.6. The molecule has 0 aromatic carbocycles. The molecule has 2 heterocycles. The number of nitrogens with zero attached hydrogens (tertiary/aromatic N) is 3. The highest BCUT2D eigenvalue weighted by molar-refractivity contribution is 8.00. The van der Waals surface area contributed by atoms with Gasteiger partial charge in [0.05, 0.1) is 17.6 Å². The van der Waals surface area contributed by atoms with Gasteiger partial charge >= 0.3 is 0 Å². The summed E-state index contributed by atoms with van der Waals surface area (Å²) in [6.45, 7) is 4.78. The molecule has 2 rings (SSSR count). The molecule has 7 heteroatoms. The van der Waals surface area contributed by atoms with Crippen molar-refractivity contribution in [1.82, 2.24) is 20.3 Å². The summed E-state index contributed by atoms with van der Waals surface area (Å²) in [7, 11) is 0. The van der Waals surface area contributed by atoms with E-state index < -0.39 is 0 Å². The maximum atomic E-state index is 11.6. The van der Waals surface area contributed by atoms with Gasteiger partial charge in [-0.3, -0.25) is 14.8 Å². The number of carbonyl (C=O) groups excluding carboxylic acids is 1. The molecular weight excluding hydrogens is 304 g/mol. The van der Waals surface area contributed by atoms with Crippen molar-refractivity contribution in [3.63, 3.8) is 0 Å². The summed E-state index contributed by atoms with van der Waals surface area (Å²) in [6.07, 6.45) is 5.73. The Labute approximate surface area is 132 Å². The molecule has 5 nitrogen and oxygen atoms in total. The first kappa shape index (κ1) is 15.9. The molecule has 0 aliphatic carbocycles. The van der Waals surface area contributed by atoms with E-state index in [4.69, 9.17) is 0 Å². The van der Waals surface area contributed by atoms with Crippen LogP contribution >= 0.6 is 23.1 Å². The van der Waals surface area contributed by atoms with Crippen molar-refractivity contribution < 1.29 is 4.79 Å². The Kier molecular flexibility index (Phi) is 6.13. The molecule has 0 bridgehead atoms. The number of carbonyl (C=O) groups is 1. The van der Waals surface area contributed by atoms with Gasteiger partial charge in [0.2, 0.25) is 5.91 Å². The van der Waals surface area contributed by atoms with Crippen LogP contribution in [0.1, 0.15) is 19.5 Å². The van der Waals surface area contributed by atoms with Crippen molar-refractivity contribution in [2.75, 3.05) is 12.3 Å². The van der Waals surface area contributed by atoms with E-state index in [-0.39, 0.29) is 5.91 Å². The van der Waals surface area contributed by atoms with Crippen LogP contribution in [0.2, 0.25) is 0 Å². The number of rotatable bonds is 7. The van der Waals surface area contributed by atoms with Crippen LogP contribution in [0.25, 0.3) is 10.7 Å². The molecule has 0 saturated heterocycles. The van der Waals surface area contributed by atoms with Crippen LogP contribution in [0, 0.1) is 0 Å². The normalized spacial score (nSPS) is 10.8. The monoisotopic (exact) mass is 322 g/mol. The largest absolute Gasteiger partial charge is 0.355 e. The Hall–Kier alpha value is -1.47. The molecule has 1 N–H and O–H groups in total. The van der Waals surface area contributed by atoms with Crippen molar-refractivity contribution in [3.05, 3.63) is 29.7 Å². The van der Waals surface area contributed by atoms with Crippen LogP contribution in [-0.4, -0.2) is 38.4 Å². The van der Waals surface area contributed by atoms with E-state index in [1.807, 2.05) is 5.38 Å². The van der Waals surface area contributed by atoms with Gasteiger partial charge in [0.25, 0.3) is 0 Å². The van der Waals surface area contributed by atoms with Crippen LogP contribution in [0.3, 0.4) is 0 Å². The highest BCUT2D eigenvalue weighted by atomic mass is 32.2. The third kappa shape index (κ3) is 5.43. The summed E-state index contributed by atoms with van der Waals surface area (Å²) >= 11 is 3.19. The lowest BCUT2D eigenvalue weighted by Gasteiger charge is -2.05. The predicted octanol–water partition coefficient (Wildman–Crippen LogP) is 2.40. The van der Waals surface area contributed by atoms with E-state index in [2.05, 4.69) is 34.1 Å². The van der Waals surface area contributed by atoms with E-state index >= 15 is 0 Å². The Morgan fingerprint density at radius 2 is 2.29 bits per heavy atom. The Balaban J connectivity index is 1.77. The van der Waals surface area contributed by atoms with Gasteiger partial charge in [-0.15, -0.1) is 23.1 Å². The zero-order valence-corrected chi connectivity index (χ0v) is 13.7. The first-order valence-corrected chi connectivity index (χ1v) is 8.67. The van der Waals surface area contributed by atoms with Crippen molar-refractivity contribution in [1.29, 1.82) is 0 Å². The van der Waals surface area contributed by atoms with Crippen molar-refractivity contribution in [2.45, 2.75) is 25.5 Å². The third-order valence-electron chi connectivity index (χ3n) is 2.59. The lowest BCUT2D eigenvalue weighted by Crippen LogP contribution is -2.27. The minimum absolute atomic E-state index is 0.0816. The summed E-state index contributed by atoms with van der Waals surface area (Å²) in [4.78, 5) is 24.4. The molecule has 21 heavy (non-hydrogen) atoms. The number of thiazole rings is 1. The minimum atomic E-state index is 0.0816. The molecule has 1 amide bonds. The highest BCUT2D eigenvalue weighted by Gasteiger charge is 2.07. The first-order valence-electron chi connectivity index (χ1n) is 6.74. The minimum Gasteiger partial charge on any atom is -0.355 e. The fourth-order valence-corrected chi connectivity index (χ4v) is 2.97. The quantitative estimate of drug-likeness (QED) is 0.848. The van der Waals surface area contributed by atoms with Gasteiger partial charge in [-0.2, -0.15) is 0 Å². The molecule has 0 radical (unpaired) electrons. The van der Waals surface area contributed by atoms with Gasteiger partial charge in [0.1, 0.15) is 10.7 Å². The van der Waals surface area contributed by atoms with Crippen LogP contribution in [-0.2, 0) is 11.2 Å². The van der Waals surface area contributed by atoms with Gasteiger partial charge in [-0.1, -0.05) is 13.8 Å². The Bertz CT molecular complexity index is 571. The Morgan fingerprint density at radius 3 is 3.00 bits per heavy atom. The summed E-state index contributed by atoms with van der Waals surface area (Å²) in [5.41, 5.74) is 1.75. The van der Waals surface area contributed by atoms with E-state index in [0.717, 1.165) is 22.8 Å². The van der Waals surface area contributed by atoms with E-state index in [1.165, 1.54) is 0 Å². The number of nitrogens with one attached hydrogen (secondary N) is 1. The molecule has 0 spiro atoms. The third-order valence-corrected chi connectivity index (χ3v) is 4.59. The lowest BCUT2D eigenvalue weighted by atomic mass is 10.3. The van der Waals surface area contributed by atoms with E-state index in [9.17, 15) is 4.79 Å². The topological polar surface area (TPSA) is 67.8 Å². The van der Waals surface area contributed by atoms with E-state index in [1.54, 1.807) is 41.7 Å². The molecule has 2 aromatic heterocycles. The average molecular weight is 322 g/mol. The average Bonchev–Trinajstić information content (AvgIpc) is 2.95. The molecule has 112 valence electrons. The van der Waals surface area contributed by atoms with Crippen LogP contribution in [0.4, 0.5) is 0 Å². The van der Waals surface area contributed by atoms with Crippen LogP contribution < -0.4 is 5.32 Å². The number of hydrogen-bond donors (Lipinski definition) is 1. The second-order valence-corrected chi connectivity index (χ2v) is 7.12. The van der Waals surface area contributed by atoms with Gasteiger partial charge in [-0.05, 0) is 5.25 Å². The number of thioether (sulfide) groups is 1. The maximum Gasteiger partial charge on any atom is 0.230 e. The standard InChI is InChI=1S/C14H18N4OS2/c1-10(2)20-9-13(19)17-4-3-11-8-21-14(18-11)12-7-15-5-6-16-12/h5-8,10H,3-4,9H2,1-2H3,(H,17,19). The van der Waals surface area contributed by atoms with Gasteiger partial charge in [-0.25, -0.2) is 4.98 Å². The van der Waals surface area contributed by atoms with Crippen LogP contribution in [0.15, 0.2) is 24.0 Å². The van der Waals surface area contributed by atoms with Crippen molar-refractivity contribution >= 4 is 29.0 Å². The fraction of sp³-hybridized carbons (Fsp3) is 0.429. The molecule has 2 aromatic rings. The zero-order valence-electron chi connectivity index (χ0n) is 12.1. The summed E-state index contributed by atoms with van der Waals surface area (Å²) in [6, 6.07) is 0. The smallest absolute Gasteiger partial charge is 0.230 e. The molecule has 0 unspecified atom stereocenters. The van der Waals surface area contributed by atoms with Crippen LogP contribution in [0.5, 0.6) is 0 Å². The Morgan fingerprint density at radius 1 is 1.43 bits per heavy atom. The summed E-state index contributed by atoms with van der Waals surface area (Å²) < 4.78 is 0. The first-order chi connectivity index (χ1) is 10.1. The zero-order chi connectivity index (χ0) is 15.1. The molecule has 0 aliphatic heterocycles. The van der Waals surface area contributed by atoms with Gasteiger partial charge < -0.3 is 5.32 Å². The second kappa shape index (κ2) is 8.09. The molecular formula is C14H18N4OS2. The van der Waals surface area contributed by atoms with Crippen molar-refractivity contribution in [2.24, 2.45) is 0 Å². The fourth-order valence-electron chi connectivity index (χ4n) is 1.57. The second-order valence-electron chi connectivity index (χ2n) is 4.69. The van der Waals surface area contributed by atoms with E-state index in [0.29, 0.717) is 17.5 Å². The summed E-state index contributed by atoms with van der Waals surface area (Å²) in [5, 5.41) is 6.25. The number of aromatic nitrogens is 3. The van der Waals surface area contributed by atoms with Crippen molar-refractivity contribution in [3.8, 4) is 10.7 Å². The highest BCUT2D eigenvalue weighted by Crippen LogP contribution is 2.20. The SMILES string of the molecule is CC(C)SCC(=O)NCCc1csc(-c2cnccn2)n1.